The Bertz CT molecular complexity index is 263. The number of hydrogen-bond acceptors (Lipinski definition) is 3. The van der Waals surface area contributed by atoms with Crippen molar-refractivity contribution in [1.82, 2.24) is 4.98 Å². The molecule has 1 N–H and O–H groups in total. The zero-order chi connectivity index (χ0) is 10.2. The van der Waals surface area contributed by atoms with Crippen molar-refractivity contribution in [2.24, 2.45) is 0 Å². The van der Waals surface area contributed by atoms with Gasteiger partial charge in [-0.1, -0.05) is 6.92 Å². The maximum absolute atomic E-state index is 4.13. The van der Waals surface area contributed by atoms with Gasteiger partial charge in [-0.2, -0.15) is 11.8 Å². The van der Waals surface area contributed by atoms with E-state index in [-0.39, 0.29) is 0 Å². The quantitative estimate of drug-likeness (QED) is 0.731. The first-order valence-electron chi connectivity index (χ1n) is 5.06. The van der Waals surface area contributed by atoms with Crippen LogP contribution in [0.5, 0.6) is 0 Å². The lowest BCUT2D eigenvalue weighted by atomic mass is 10.3. The zero-order valence-electron chi connectivity index (χ0n) is 8.92. The Morgan fingerprint density at radius 2 is 2.29 bits per heavy atom. The first-order valence-corrected chi connectivity index (χ1v) is 6.21. The van der Waals surface area contributed by atoms with Crippen molar-refractivity contribution in [2.45, 2.75) is 20.3 Å². The summed E-state index contributed by atoms with van der Waals surface area (Å²) in [5.74, 6) is 2.45. The van der Waals surface area contributed by atoms with Crippen molar-refractivity contribution >= 4 is 17.4 Å². The van der Waals surface area contributed by atoms with Crippen LogP contribution in [0.15, 0.2) is 18.5 Å². The second-order valence-electron chi connectivity index (χ2n) is 3.23. The van der Waals surface area contributed by atoms with E-state index in [0.717, 1.165) is 12.2 Å². The smallest absolute Gasteiger partial charge is 0.0529 e. The molecule has 0 saturated heterocycles. The molecule has 1 heterocycles. The maximum Gasteiger partial charge on any atom is 0.0529 e. The largest absolute Gasteiger partial charge is 0.384 e. The summed E-state index contributed by atoms with van der Waals surface area (Å²) in [4.78, 5) is 4.13. The number of pyridine rings is 1. The summed E-state index contributed by atoms with van der Waals surface area (Å²) < 4.78 is 0. The fourth-order valence-electron chi connectivity index (χ4n) is 1.20. The van der Waals surface area contributed by atoms with E-state index < -0.39 is 0 Å². The highest BCUT2D eigenvalue weighted by atomic mass is 32.2. The van der Waals surface area contributed by atoms with Crippen LogP contribution in [0.4, 0.5) is 5.69 Å². The van der Waals surface area contributed by atoms with E-state index in [0.29, 0.717) is 0 Å². The molecule has 0 atom stereocenters. The van der Waals surface area contributed by atoms with Crippen LogP contribution in [0, 0.1) is 6.92 Å². The molecule has 0 amide bonds. The molecule has 2 nitrogen and oxygen atoms in total. The molecule has 1 rings (SSSR count). The topological polar surface area (TPSA) is 24.9 Å². The summed E-state index contributed by atoms with van der Waals surface area (Å²) in [7, 11) is 0. The molecule has 3 heteroatoms. The van der Waals surface area contributed by atoms with Gasteiger partial charge in [-0.25, -0.2) is 0 Å². The van der Waals surface area contributed by atoms with Gasteiger partial charge in [-0.05, 0) is 36.5 Å². The second-order valence-corrected chi connectivity index (χ2v) is 4.62. The molecule has 0 aromatic carbocycles. The normalized spacial score (nSPS) is 10.1. The van der Waals surface area contributed by atoms with Gasteiger partial charge in [0.05, 0.1) is 5.69 Å². The molecule has 0 aliphatic heterocycles. The Labute approximate surface area is 90.5 Å². The number of nitrogens with one attached hydrogen (secondary N) is 1. The summed E-state index contributed by atoms with van der Waals surface area (Å²) in [6, 6.07) is 2.12. The van der Waals surface area contributed by atoms with Gasteiger partial charge in [0.15, 0.2) is 0 Å². The molecule has 1 aromatic rings. The number of aryl methyl sites for hydroxylation is 1. The molecule has 14 heavy (non-hydrogen) atoms. The molecule has 78 valence electrons. The number of hydrogen-bond donors (Lipinski definition) is 1. The van der Waals surface area contributed by atoms with Crippen molar-refractivity contribution in [1.29, 1.82) is 0 Å². The summed E-state index contributed by atoms with van der Waals surface area (Å²) >= 11 is 1.99. The molecule has 0 spiro atoms. The molecular weight excluding hydrogens is 192 g/mol. The zero-order valence-corrected chi connectivity index (χ0v) is 9.73. The summed E-state index contributed by atoms with van der Waals surface area (Å²) in [5.41, 5.74) is 2.34. The van der Waals surface area contributed by atoms with Crippen LogP contribution >= 0.6 is 11.8 Å². The van der Waals surface area contributed by atoms with Gasteiger partial charge in [0.2, 0.25) is 0 Å². The Balaban J connectivity index is 2.18. The lowest BCUT2D eigenvalue weighted by Gasteiger charge is -2.05. The van der Waals surface area contributed by atoms with Crippen LogP contribution < -0.4 is 5.32 Å². The van der Waals surface area contributed by atoms with Gasteiger partial charge in [0.25, 0.3) is 0 Å². The van der Waals surface area contributed by atoms with Gasteiger partial charge >= 0.3 is 0 Å². The third-order valence-corrected chi connectivity index (χ3v) is 2.86. The number of nitrogens with zero attached hydrogens (tertiary/aromatic N) is 1. The number of anilines is 1. The summed E-state index contributed by atoms with van der Waals surface area (Å²) in [6.45, 7) is 5.30. The Morgan fingerprint density at radius 3 is 3.00 bits per heavy atom. The van der Waals surface area contributed by atoms with E-state index in [2.05, 4.69) is 30.2 Å². The van der Waals surface area contributed by atoms with Crippen molar-refractivity contribution in [3.63, 3.8) is 0 Å². The van der Waals surface area contributed by atoms with Gasteiger partial charge in [-0.15, -0.1) is 0 Å². The fourth-order valence-corrected chi connectivity index (χ4v) is 1.84. The van der Waals surface area contributed by atoms with Gasteiger partial charge in [-0.3, -0.25) is 4.98 Å². The van der Waals surface area contributed by atoms with E-state index in [1.54, 1.807) is 0 Å². The monoisotopic (exact) mass is 210 g/mol. The average molecular weight is 210 g/mol. The van der Waals surface area contributed by atoms with Gasteiger partial charge in [0, 0.05) is 18.9 Å². The van der Waals surface area contributed by atoms with Crippen molar-refractivity contribution < 1.29 is 0 Å². The first kappa shape index (κ1) is 11.4. The highest BCUT2D eigenvalue weighted by Crippen LogP contribution is 2.07. The van der Waals surface area contributed by atoms with Crippen LogP contribution in [-0.2, 0) is 0 Å². The summed E-state index contributed by atoms with van der Waals surface area (Å²) in [5, 5.41) is 3.37. The SMILES string of the molecule is CCSCCCNc1cncc(C)c1. The van der Waals surface area contributed by atoms with E-state index in [9.17, 15) is 0 Å². The molecule has 0 aliphatic rings. The van der Waals surface area contributed by atoms with E-state index >= 15 is 0 Å². The molecule has 0 radical (unpaired) electrons. The van der Waals surface area contributed by atoms with Crippen LogP contribution in [0.3, 0.4) is 0 Å². The predicted octanol–water partition coefficient (Wildman–Crippen LogP) is 2.95. The Morgan fingerprint density at radius 1 is 1.43 bits per heavy atom. The predicted molar refractivity (Wildman–Crippen MR) is 65.1 cm³/mol. The van der Waals surface area contributed by atoms with Crippen LogP contribution in [0.1, 0.15) is 18.9 Å². The van der Waals surface area contributed by atoms with E-state index in [1.165, 1.54) is 23.5 Å². The summed E-state index contributed by atoms with van der Waals surface area (Å²) in [6.07, 6.45) is 4.96. The minimum atomic E-state index is 1.04. The lowest BCUT2D eigenvalue weighted by Crippen LogP contribution is -2.03. The van der Waals surface area contributed by atoms with Crippen LogP contribution in [0.2, 0.25) is 0 Å². The molecule has 0 unspecified atom stereocenters. The number of thioether (sulfide) groups is 1. The second kappa shape index (κ2) is 6.71. The highest BCUT2D eigenvalue weighted by molar-refractivity contribution is 7.99. The van der Waals surface area contributed by atoms with E-state index in [1.807, 2.05) is 24.2 Å². The van der Waals surface area contributed by atoms with Crippen LogP contribution in [-0.4, -0.2) is 23.0 Å². The van der Waals surface area contributed by atoms with Crippen molar-refractivity contribution in [3.05, 3.63) is 24.0 Å². The van der Waals surface area contributed by atoms with Gasteiger partial charge in [0.1, 0.15) is 0 Å². The lowest BCUT2D eigenvalue weighted by molar-refractivity contribution is 0.988. The van der Waals surface area contributed by atoms with Gasteiger partial charge < -0.3 is 5.32 Å². The average Bonchev–Trinajstić information content (AvgIpc) is 2.18. The minimum absolute atomic E-state index is 1.04. The third-order valence-electron chi connectivity index (χ3n) is 1.87. The van der Waals surface area contributed by atoms with E-state index in [4.69, 9.17) is 0 Å². The fraction of sp³-hybridized carbons (Fsp3) is 0.545. The molecule has 0 saturated carbocycles. The first-order chi connectivity index (χ1) is 6.83. The van der Waals surface area contributed by atoms with Crippen LogP contribution in [0.25, 0.3) is 0 Å². The number of aromatic nitrogens is 1. The Hall–Kier alpha value is -0.700. The molecule has 0 aliphatic carbocycles. The molecule has 0 bridgehead atoms. The van der Waals surface area contributed by atoms with Crippen molar-refractivity contribution in [2.75, 3.05) is 23.4 Å². The minimum Gasteiger partial charge on any atom is -0.384 e. The maximum atomic E-state index is 4.13. The molecular formula is C11H18N2S. The number of rotatable bonds is 6. The standard InChI is InChI=1S/C11H18N2S/c1-3-14-6-4-5-13-11-7-10(2)8-12-9-11/h7-9,13H,3-6H2,1-2H3. The highest BCUT2D eigenvalue weighted by Gasteiger charge is 1.92. The molecule has 1 aromatic heterocycles. The van der Waals surface area contributed by atoms with Crippen molar-refractivity contribution in [3.8, 4) is 0 Å². The molecule has 0 fully saturated rings. The third kappa shape index (κ3) is 4.51. The Kier molecular flexibility index (Phi) is 5.45.